The minimum atomic E-state index is -0.640. The summed E-state index contributed by atoms with van der Waals surface area (Å²) in [5.74, 6) is -1.21. The van der Waals surface area contributed by atoms with Gasteiger partial charge in [-0.1, -0.05) is 60.1 Å². The first-order chi connectivity index (χ1) is 14.0. The van der Waals surface area contributed by atoms with E-state index >= 15 is 0 Å². The van der Waals surface area contributed by atoms with Crippen molar-refractivity contribution in [3.8, 4) is 17.2 Å². The number of rotatable bonds is 5. The zero-order chi connectivity index (χ0) is 20.8. The molecular formula is C22H15ClN2O3S. The van der Waals surface area contributed by atoms with Crippen LogP contribution in [0.2, 0.25) is 5.02 Å². The second-order valence-corrected chi connectivity index (χ2v) is 7.14. The van der Waals surface area contributed by atoms with Crippen LogP contribution in [-0.2, 0) is 9.53 Å². The van der Waals surface area contributed by atoms with Gasteiger partial charge in [0.05, 0.1) is 7.11 Å². The molecule has 29 heavy (non-hydrogen) atoms. The van der Waals surface area contributed by atoms with E-state index in [0.717, 1.165) is 5.56 Å². The normalized spacial score (nSPS) is 10.9. The number of anilines is 1. The molecule has 1 N–H and O–H groups in total. The first-order valence-corrected chi connectivity index (χ1v) is 9.73. The van der Waals surface area contributed by atoms with Crippen LogP contribution in [0.4, 0.5) is 5.00 Å². The van der Waals surface area contributed by atoms with Crippen molar-refractivity contribution in [2.24, 2.45) is 0 Å². The fraction of sp³-hybridized carbons (Fsp3) is 0.0455. The van der Waals surface area contributed by atoms with Gasteiger partial charge in [-0.25, -0.2) is 4.79 Å². The molecule has 0 bridgehead atoms. The van der Waals surface area contributed by atoms with Gasteiger partial charge in [-0.3, -0.25) is 4.79 Å². The molecule has 0 radical (unpaired) electrons. The highest BCUT2D eigenvalue weighted by Crippen LogP contribution is 2.36. The van der Waals surface area contributed by atoms with E-state index in [2.05, 4.69) is 5.32 Å². The Labute approximate surface area is 176 Å². The third-order valence-corrected chi connectivity index (χ3v) is 5.30. The van der Waals surface area contributed by atoms with E-state index in [0.29, 0.717) is 21.2 Å². The number of benzene rings is 2. The van der Waals surface area contributed by atoms with Crippen LogP contribution in [0, 0.1) is 11.3 Å². The Bertz CT molecular complexity index is 1130. The number of ether oxygens (including phenoxy) is 1. The quantitative estimate of drug-likeness (QED) is 0.339. The van der Waals surface area contributed by atoms with Crippen molar-refractivity contribution in [2.45, 2.75) is 0 Å². The molecule has 2 aromatic carbocycles. The molecule has 1 amide bonds. The van der Waals surface area contributed by atoms with Crippen LogP contribution in [0.5, 0.6) is 0 Å². The van der Waals surface area contributed by atoms with Crippen LogP contribution >= 0.6 is 22.9 Å². The summed E-state index contributed by atoms with van der Waals surface area (Å²) >= 11 is 7.29. The molecule has 0 aliphatic rings. The van der Waals surface area contributed by atoms with Crippen molar-refractivity contribution in [1.29, 1.82) is 5.26 Å². The van der Waals surface area contributed by atoms with E-state index in [4.69, 9.17) is 16.3 Å². The zero-order valence-corrected chi connectivity index (χ0v) is 16.9. The first-order valence-electron chi connectivity index (χ1n) is 8.48. The number of carbonyl (C=O) groups excluding carboxylic acids is 2. The molecule has 0 saturated heterocycles. The highest BCUT2D eigenvalue weighted by molar-refractivity contribution is 7.15. The van der Waals surface area contributed by atoms with Crippen molar-refractivity contribution in [3.63, 3.8) is 0 Å². The molecule has 0 atom stereocenters. The highest BCUT2D eigenvalue weighted by atomic mass is 35.5. The number of halogens is 1. The molecule has 0 saturated carbocycles. The molecule has 0 aliphatic carbocycles. The van der Waals surface area contributed by atoms with Gasteiger partial charge in [0.2, 0.25) is 0 Å². The second-order valence-electron chi connectivity index (χ2n) is 5.86. The van der Waals surface area contributed by atoms with Gasteiger partial charge in [0.15, 0.2) is 0 Å². The summed E-state index contributed by atoms with van der Waals surface area (Å²) in [5, 5.41) is 14.6. The maximum Gasteiger partial charge on any atom is 0.341 e. The van der Waals surface area contributed by atoms with Crippen LogP contribution in [0.25, 0.3) is 17.2 Å². The van der Waals surface area contributed by atoms with E-state index in [1.165, 1.54) is 24.5 Å². The van der Waals surface area contributed by atoms with Crippen LogP contribution in [0.3, 0.4) is 0 Å². The molecule has 3 rings (SSSR count). The molecule has 0 spiro atoms. The van der Waals surface area contributed by atoms with Crippen molar-refractivity contribution in [1.82, 2.24) is 0 Å². The van der Waals surface area contributed by atoms with E-state index in [1.54, 1.807) is 29.6 Å². The first kappa shape index (κ1) is 20.3. The topological polar surface area (TPSA) is 79.2 Å². The Morgan fingerprint density at radius 2 is 1.83 bits per heavy atom. The highest BCUT2D eigenvalue weighted by Gasteiger charge is 2.23. The van der Waals surface area contributed by atoms with Gasteiger partial charge < -0.3 is 10.1 Å². The van der Waals surface area contributed by atoms with Gasteiger partial charge in [0, 0.05) is 16.0 Å². The maximum absolute atomic E-state index is 12.7. The van der Waals surface area contributed by atoms with Gasteiger partial charge in [-0.05, 0) is 23.3 Å². The van der Waals surface area contributed by atoms with Crippen LogP contribution in [0.15, 0.2) is 65.6 Å². The molecule has 1 aromatic heterocycles. The Balaban J connectivity index is 1.96. The van der Waals surface area contributed by atoms with Crippen molar-refractivity contribution in [2.75, 3.05) is 12.4 Å². The number of hydrogen-bond donors (Lipinski definition) is 1. The minimum Gasteiger partial charge on any atom is -0.465 e. The van der Waals surface area contributed by atoms with E-state index in [1.807, 2.05) is 36.4 Å². The van der Waals surface area contributed by atoms with Crippen molar-refractivity contribution < 1.29 is 14.3 Å². The number of esters is 1. The van der Waals surface area contributed by atoms with Crippen LogP contribution in [0.1, 0.15) is 15.9 Å². The van der Waals surface area contributed by atoms with E-state index in [-0.39, 0.29) is 11.1 Å². The SMILES string of the molecule is COC(=O)c1c(-c2ccccc2)csc1NC(=O)/C(C#N)=C/c1ccccc1Cl. The monoisotopic (exact) mass is 422 g/mol. The number of carbonyl (C=O) groups is 2. The summed E-state index contributed by atoms with van der Waals surface area (Å²) in [7, 11) is 1.28. The fourth-order valence-corrected chi connectivity index (χ4v) is 3.79. The van der Waals surface area contributed by atoms with Crippen molar-refractivity contribution in [3.05, 3.63) is 81.7 Å². The Morgan fingerprint density at radius 1 is 1.14 bits per heavy atom. The number of nitrogens with zero attached hydrogens (tertiary/aromatic N) is 1. The summed E-state index contributed by atoms with van der Waals surface area (Å²) in [6, 6.07) is 18.1. The summed E-state index contributed by atoms with van der Waals surface area (Å²) in [6.45, 7) is 0. The zero-order valence-electron chi connectivity index (χ0n) is 15.3. The average molecular weight is 423 g/mol. The third-order valence-electron chi connectivity index (χ3n) is 4.06. The lowest BCUT2D eigenvalue weighted by Crippen LogP contribution is -2.15. The fourth-order valence-electron chi connectivity index (χ4n) is 2.65. The number of hydrogen-bond acceptors (Lipinski definition) is 5. The molecule has 7 heteroatoms. The predicted octanol–water partition coefficient (Wildman–Crippen LogP) is 5.40. The van der Waals surface area contributed by atoms with E-state index < -0.39 is 11.9 Å². The summed E-state index contributed by atoms with van der Waals surface area (Å²) in [4.78, 5) is 25.1. The lowest BCUT2D eigenvalue weighted by atomic mass is 10.0. The molecule has 144 valence electrons. The molecular weight excluding hydrogens is 408 g/mol. The number of thiophene rings is 1. The molecule has 1 heterocycles. The Kier molecular flexibility index (Phi) is 6.45. The third kappa shape index (κ3) is 4.54. The number of nitriles is 1. The van der Waals surface area contributed by atoms with Gasteiger partial charge in [-0.2, -0.15) is 5.26 Å². The van der Waals surface area contributed by atoms with Crippen molar-refractivity contribution >= 4 is 45.9 Å². The summed E-state index contributed by atoms with van der Waals surface area (Å²) in [5.41, 5.74) is 2.11. The summed E-state index contributed by atoms with van der Waals surface area (Å²) < 4.78 is 4.90. The number of amides is 1. The molecule has 0 unspecified atom stereocenters. The minimum absolute atomic E-state index is 0.136. The molecule has 0 aliphatic heterocycles. The molecule has 5 nitrogen and oxygen atoms in total. The van der Waals surface area contributed by atoms with Crippen LogP contribution in [-0.4, -0.2) is 19.0 Å². The number of nitrogens with one attached hydrogen (secondary N) is 1. The average Bonchev–Trinajstić information content (AvgIpc) is 3.16. The Morgan fingerprint density at radius 3 is 2.48 bits per heavy atom. The lowest BCUT2D eigenvalue weighted by Gasteiger charge is -2.07. The largest absolute Gasteiger partial charge is 0.465 e. The predicted molar refractivity (Wildman–Crippen MR) is 115 cm³/mol. The smallest absolute Gasteiger partial charge is 0.341 e. The van der Waals surface area contributed by atoms with Gasteiger partial charge in [-0.15, -0.1) is 11.3 Å². The molecule has 0 fully saturated rings. The number of methoxy groups -OCH3 is 1. The lowest BCUT2D eigenvalue weighted by molar-refractivity contribution is -0.112. The molecule has 3 aromatic rings. The second kappa shape index (κ2) is 9.20. The van der Waals surface area contributed by atoms with Gasteiger partial charge in [0.1, 0.15) is 22.2 Å². The van der Waals surface area contributed by atoms with E-state index in [9.17, 15) is 14.9 Å². The standard InChI is InChI=1S/C22H15ClN2O3S/c1-28-22(27)19-17(14-7-3-2-4-8-14)13-29-21(19)25-20(26)16(12-24)11-15-9-5-6-10-18(15)23/h2-11,13H,1H3,(H,25,26)/b16-11+. The summed E-state index contributed by atoms with van der Waals surface area (Å²) in [6.07, 6.45) is 1.40. The van der Waals surface area contributed by atoms with Gasteiger partial charge in [0.25, 0.3) is 5.91 Å². The van der Waals surface area contributed by atoms with Gasteiger partial charge >= 0.3 is 5.97 Å². The maximum atomic E-state index is 12.7. The van der Waals surface area contributed by atoms with Crippen LogP contribution < -0.4 is 5.32 Å². The Hall–Kier alpha value is -3.40.